The number of ether oxygens (including phenoxy) is 2. The molecule has 4 aliphatic rings. The largest absolute Gasteiger partial charge is 0.489 e. The van der Waals surface area contributed by atoms with Gasteiger partial charge in [0.05, 0.1) is 44.2 Å². The average molecular weight is 1180 g/mol. The van der Waals surface area contributed by atoms with Gasteiger partial charge in [-0.1, -0.05) is 70.7 Å². The molecule has 70 heavy (non-hydrogen) atoms. The summed E-state index contributed by atoms with van der Waals surface area (Å²) in [4.78, 5) is 52.4. The molecule has 20 heteroatoms. The number of nitrogens with two attached hydrogens (primary N) is 1. The summed E-state index contributed by atoms with van der Waals surface area (Å²) in [6.07, 6.45) is 5.33. The SMILES string of the molecule is I.N[C@H](CN1CCC1)[C@H](O)c1ccc(OC2CC2)c(Cl)c1.O=C(N[C@H](CN1CCC1)[C@H](O)c1ccc(OC2CC2)c(Cl)c1)C(=O)c1cc2ccc(Cl)cc2s1.O=C(O)C(=O)c1cc2ccc(Cl)cc2s1. The number of carbonyl (C=O) groups excluding carboxylic acids is 3. The van der Waals surface area contributed by atoms with E-state index in [2.05, 4.69) is 15.1 Å². The number of likely N-dealkylation sites (tertiary alicyclic amines) is 2. The van der Waals surface area contributed by atoms with Gasteiger partial charge in [0.2, 0.25) is 0 Å². The topological polar surface area (TPSA) is 192 Å². The van der Waals surface area contributed by atoms with Gasteiger partial charge in [-0.2, -0.15) is 0 Å². The lowest BCUT2D eigenvalue weighted by molar-refractivity contribution is -0.131. The maximum Gasteiger partial charge on any atom is 0.378 e. The summed E-state index contributed by atoms with van der Waals surface area (Å²) in [6, 6.07) is 23.4. The van der Waals surface area contributed by atoms with Crippen LogP contribution in [0.5, 0.6) is 11.5 Å². The molecule has 6 N–H and O–H groups in total. The summed E-state index contributed by atoms with van der Waals surface area (Å²) in [5, 5.41) is 36.6. The third kappa shape index (κ3) is 14.3. The molecule has 0 spiro atoms. The second-order valence-electron chi connectivity index (χ2n) is 17.5. The Labute approximate surface area is 449 Å². The lowest BCUT2D eigenvalue weighted by Crippen LogP contribution is -2.52. The highest BCUT2D eigenvalue weighted by Crippen LogP contribution is 2.36. The van der Waals surface area contributed by atoms with Gasteiger partial charge in [0.15, 0.2) is 0 Å². The summed E-state index contributed by atoms with van der Waals surface area (Å²) in [5.41, 5.74) is 7.39. The van der Waals surface area contributed by atoms with Gasteiger partial charge in [-0.3, -0.25) is 14.4 Å². The second kappa shape index (κ2) is 24.4. The van der Waals surface area contributed by atoms with Crippen molar-refractivity contribution in [3.8, 4) is 11.5 Å². The minimum absolute atomic E-state index is 0. The molecule has 2 aromatic heterocycles. The van der Waals surface area contributed by atoms with Crippen LogP contribution >= 0.6 is 93.1 Å². The Kier molecular flexibility index (Phi) is 18.9. The van der Waals surface area contributed by atoms with Gasteiger partial charge in [0, 0.05) is 38.6 Å². The number of carboxylic acids is 1. The van der Waals surface area contributed by atoms with Crippen LogP contribution < -0.4 is 20.5 Å². The molecule has 2 aliphatic carbocycles. The number of carboxylic acid groups (broad SMARTS) is 1. The van der Waals surface area contributed by atoms with Crippen LogP contribution in [0.25, 0.3) is 20.2 Å². The van der Waals surface area contributed by atoms with Crippen molar-refractivity contribution in [3.63, 3.8) is 0 Å². The fraction of sp³-hybridized carbons (Fsp3) is 0.360. The number of aliphatic carboxylic acids is 1. The Morgan fingerprint density at radius 3 is 1.53 bits per heavy atom. The van der Waals surface area contributed by atoms with E-state index >= 15 is 0 Å². The van der Waals surface area contributed by atoms with Crippen LogP contribution in [0, 0.1) is 0 Å². The van der Waals surface area contributed by atoms with Gasteiger partial charge in [-0.25, -0.2) is 4.79 Å². The number of nitrogens with one attached hydrogen (secondary N) is 1. The Balaban J connectivity index is 0.000000170. The van der Waals surface area contributed by atoms with Crippen molar-refractivity contribution in [1.29, 1.82) is 0 Å². The molecule has 0 unspecified atom stereocenters. The summed E-state index contributed by atoms with van der Waals surface area (Å²) in [6.45, 7) is 5.09. The normalized spacial score (nSPS) is 17.2. The molecular formula is C50H51Cl4IN4O9S2. The number of aliphatic hydroxyl groups excluding tert-OH is 2. The van der Waals surface area contributed by atoms with Crippen molar-refractivity contribution in [2.24, 2.45) is 5.73 Å². The molecule has 2 saturated heterocycles. The summed E-state index contributed by atoms with van der Waals surface area (Å²) < 4.78 is 13.1. The number of carbonyl (C=O) groups is 4. The zero-order chi connectivity index (χ0) is 48.9. The number of ketones is 2. The minimum Gasteiger partial charge on any atom is -0.489 e. The monoisotopic (exact) mass is 1180 g/mol. The number of benzene rings is 4. The Hall–Kier alpha value is -3.63. The number of hydrogen-bond donors (Lipinski definition) is 5. The summed E-state index contributed by atoms with van der Waals surface area (Å²) in [5.74, 6) is -2.42. The van der Waals surface area contributed by atoms with E-state index in [-0.39, 0.29) is 41.0 Å². The summed E-state index contributed by atoms with van der Waals surface area (Å²) in [7, 11) is 0. The van der Waals surface area contributed by atoms with Crippen LogP contribution in [-0.2, 0) is 9.59 Å². The molecule has 2 saturated carbocycles. The quantitative estimate of drug-likeness (QED) is 0.0330. The zero-order valence-corrected chi connectivity index (χ0v) is 44.5. The first-order chi connectivity index (χ1) is 33.1. The van der Waals surface area contributed by atoms with E-state index in [1.54, 1.807) is 66.7 Å². The predicted molar refractivity (Wildman–Crippen MR) is 288 cm³/mol. The molecule has 4 aromatic carbocycles. The van der Waals surface area contributed by atoms with E-state index in [9.17, 15) is 29.4 Å². The van der Waals surface area contributed by atoms with Crippen LogP contribution in [0.2, 0.25) is 20.1 Å². The third-order valence-corrected chi connectivity index (χ3v) is 15.2. The molecule has 4 fully saturated rings. The molecule has 0 radical (unpaired) electrons. The van der Waals surface area contributed by atoms with Crippen molar-refractivity contribution in [3.05, 3.63) is 126 Å². The predicted octanol–water partition coefficient (Wildman–Crippen LogP) is 10.2. The fourth-order valence-electron chi connectivity index (χ4n) is 7.52. The van der Waals surface area contributed by atoms with Gasteiger partial charge < -0.3 is 45.6 Å². The Bertz CT molecular complexity index is 2850. The van der Waals surface area contributed by atoms with Crippen molar-refractivity contribution >= 4 is 137 Å². The minimum atomic E-state index is -1.44. The number of aliphatic hydroxyl groups is 2. The van der Waals surface area contributed by atoms with Gasteiger partial charge in [-0.05, 0) is 147 Å². The van der Waals surface area contributed by atoms with Crippen LogP contribution in [0.15, 0.2) is 84.9 Å². The molecule has 6 aromatic rings. The molecule has 372 valence electrons. The maximum absolute atomic E-state index is 12.9. The number of hydrogen-bond acceptors (Lipinski definition) is 13. The number of amides is 1. The molecule has 4 heterocycles. The van der Waals surface area contributed by atoms with E-state index in [4.69, 9.17) is 66.7 Å². The molecule has 1 amide bonds. The number of nitrogens with zero attached hydrogens (tertiary/aromatic N) is 2. The average Bonchev–Trinajstić information content (AvgIpc) is 4.22. The number of halogens is 5. The van der Waals surface area contributed by atoms with Crippen LogP contribution in [0.3, 0.4) is 0 Å². The standard InChI is InChI=1S/C25H24Cl2N2O4S.C15H21ClN2O2.C10H5ClO3S.HI/c26-16-4-2-14-11-22(34-21(14)12-16)24(31)25(32)28-19(13-29-8-1-9-29)23(30)15-3-7-20(18(27)10-15)33-17-5-6-17;16-12-8-10(2-5-14(12)20-11-3-4-11)15(19)13(17)9-18-6-1-7-18;11-6-2-1-5-3-8(9(12)10(13)14)15-7(5)4-6;/h2-4,7,10-12,17,19,23,30H,1,5-6,8-9,13H2,(H,28,32);2,5,8,11,13,15,19H,1,3-4,6-7,9,17H2;1-4H,(H,13,14);1H/t19-,23-;13-,15-;;/m11../s1. The molecule has 0 bridgehead atoms. The first-order valence-corrected chi connectivity index (χ1v) is 25.7. The lowest BCUT2D eigenvalue weighted by Gasteiger charge is -2.36. The number of rotatable bonds is 17. The van der Waals surface area contributed by atoms with Gasteiger partial charge in [0.1, 0.15) is 17.6 Å². The van der Waals surface area contributed by atoms with Gasteiger partial charge >= 0.3 is 5.97 Å². The van der Waals surface area contributed by atoms with Gasteiger partial charge in [0.25, 0.3) is 17.5 Å². The van der Waals surface area contributed by atoms with Gasteiger partial charge in [-0.15, -0.1) is 46.7 Å². The molecule has 2 aliphatic heterocycles. The van der Waals surface area contributed by atoms with E-state index in [1.165, 1.54) is 17.8 Å². The van der Waals surface area contributed by atoms with E-state index < -0.39 is 41.7 Å². The Morgan fingerprint density at radius 1 is 0.643 bits per heavy atom. The highest BCUT2D eigenvalue weighted by molar-refractivity contribution is 14.0. The van der Waals surface area contributed by atoms with E-state index in [1.807, 2.05) is 18.2 Å². The smallest absolute Gasteiger partial charge is 0.378 e. The van der Waals surface area contributed by atoms with Crippen molar-refractivity contribution in [2.75, 3.05) is 39.3 Å². The fourth-order valence-corrected chi connectivity index (χ4v) is 10.5. The highest BCUT2D eigenvalue weighted by atomic mass is 127. The molecule has 4 atom stereocenters. The maximum atomic E-state index is 12.9. The van der Waals surface area contributed by atoms with Crippen LogP contribution in [0.4, 0.5) is 0 Å². The number of Topliss-reactive ketones (excluding diaryl/α,β-unsaturated/α-hetero) is 2. The van der Waals surface area contributed by atoms with Crippen molar-refractivity contribution in [1.82, 2.24) is 15.1 Å². The lowest BCUT2D eigenvalue weighted by atomic mass is 10.00. The summed E-state index contributed by atoms with van der Waals surface area (Å²) >= 11 is 26.8. The Morgan fingerprint density at radius 2 is 1.10 bits per heavy atom. The number of thiophene rings is 2. The van der Waals surface area contributed by atoms with E-state index in [0.29, 0.717) is 54.7 Å². The highest BCUT2D eigenvalue weighted by Gasteiger charge is 2.32. The number of fused-ring (bicyclic) bond motifs is 2. The van der Waals surface area contributed by atoms with Crippen molar-refractivity contribution in [2.45, 2.75) is 75.0 Å². The zero-order valence-electron chi connectivity index (χ0n) is 37.5. The molecule has 13 nitrogen and oxygen atoms in total. The molecule has 10 rings (SSSR count). The molecular weight excluding hydrogens is 1130 g/mol. The first-order valence-electron chi connectivity index (χ1n) is 22.6. The second-order valence-corrected chi connectivity index (χ2v) is 21.4. The van der Waals surface area contributed by atoms with E-state index in [0.717, 1.165) is 102 Å². The van der Waals surface area contributed by atoms with Crippen molar-refractivity contribution < 1.29 is 44.0 Å². The van der Waals surface area contributed by atoms with Crippen LogP contribution in [-0.4, -0.2) is 112 Å². The third-order valence-electron chi connectivity index (χ3n) is 12.0. The van der Waals surface area contributed by atoms with Crippen LogP contribution in [0.1, 0.15) is 81.2 Å². The first kappa shape index (κ1) is 54.2.